The van der Waals surface area contributed by atoms with Gasteiger partial charge in [0, 0.05) is 22.1 Å². The van der Waals surface area contributed by atoms with Crippen LogP contribution in [0.3, 0.4) is 0 Å². The fraction of sp³-hybridized carbons (Fsp3) is 0.200. The molecule has 14 heavy (non-hydrogen) atoms. The molecule has 0 saturated heterocycles. The number of aromatic amines is 1. The first-order valence-corrected chi connectivity index (χ1v) is 4.94. The highest BCUT2D eigenvalue weighted by atomic mass is 79.9. The summed E-state index contributed by atoms with van der Waals surface area (Å²) < 4.78 is 11.4. The van der Waals surface area contributed by atoms with Crippen LogP contribution in [0.1, 0.15) is 0 Å². The average Bonchev–Trinajstić information content (AvgIpc) is 2.58. The lowest BCUT2D eigenvalue weighted by atomic mass is 10.2. The van der Waals surface area contributed by atoms with Gasteiger partial charge in [0.25, 0.3) is 0 Å². The van der Waals surface area contributed by atoms with Crippen LogP contribution in [-0.4, -0.2) is 19.2 Å². The highest BCUT2D eigenvalue weighted by molar-refractivity contribution is 9.10. The van der Waals surface area contributed by atoms with Gasteiger partial charge in [0.2, 0.25) is 0 Å². The Kier molecular flexibility index (Phi) is 2.37. The Balaban J connectivity index is 2.71. The van der Waals surface area contributed by atoms with E-state index in [4.69, 9.17) is 9.47 Å². The maximum absolute atomic E-state index is 5.21. The van der Waals surface area contributed by atoms with Crippen LogP contribution in [0.15, 0.2) is 22.8 Å². The third kappa shape index (κ3) is 1.35. The van der Waals surface area contributed by atoms with Gasteiger partial charge < -0.3 is 14.5 Å². The molecular weight excluding hydrogens is 246 g/mol. The molecule has 0 atom stereocenters. The molecule has 0 saturated carbocycles. The minimum atomic E-state index is 0.731. The van der Waals surface area contributed by atoms with Gasteiger partial charge in [-0.2, -0.15) is 0 Å². The quantitative estimate of drug-likeness (QED) is 0.896. The lowest BCUT2D eigenvalue weighted by Gasteiger charge is -2.07. The van der Waals surface area contributed by atoms with Gasteiger partial charge in [-0.25, -0.2) is 0 Å². The molecule has 3 nitrogen and oxygen atoms in total. The van der Waals surface area contributed by atoms with Crippen LogP contribution in [0.2, 0.25) is 0 Å². The SMILES string of the molecule is COc1cc2[nH]cc(Br)c2cc1OC. The summed E-state index contributed by atoms with van der Waals surface area (Å²) in [6.45, 7) is 0. The summed E-state index contributed by atoms with van der Waals surface area (Å²) in [5.74, 6) is 1.47. The molecule has 0 amide bonds. The van der Waals surface area contributed by atoms with Crippen LogP contribution < -0.4 is 9.47 Å². The fourth-order valence-electron chi connectivity index (χ4n) is 1.41. The van der Waals surface area contributed by atoms with Crippen molar-refractivity contribution in [2.45, 2.75) is 0 Å². The molecule has 0 aliphatic rings. The normalized spacial score (nSPS) is 10.5. The van der Waals surface area contributed by atoms with Crippen molar-refractivity contribution < 1.29 is 9.47 Å². The van der Waals surface area contributed by atoms with Gasteiger partial charge in [-0.15, -0.1) is 0 Å². The molecule has 0 unspecified atom stereocenters. The third-order valence-electron chi connectivity index (χ3n) is 2.14. The molecule has 0 bridgehead atoms. The summed E-state index contributed by atoms with van der Waals surface area (Å²) in [6.07, 6.45) is 1.89. The van der Waals surface area contributed by atoms with Crippen LogP contribution in [-0.2, 0) is 0 Å². The van der Waals surface area contributed by atoms with Gasteiger partial charge in [-0.3, -0.25) is 0 Å². The summed E-state index contributed by atoms with van der Waals surface area (Å²) >= 11 is 3.45. The van der Waals surface area contributed by atoms with E-state index in [1.807, 2.05) is 18.3 Å². The average molecular weight is 256 g/mol. The van der Waals surface area contributed by atoms with Crippen molar-refractivity contribution >= 4 is 26.8 Å². The summed E-state index contributed by atoms with van der Waals surface area (Å²) in [4.78, 5) is 3.13. The van der Waals surface area contributed by atoms with E-state index in [-0.39, 0.29) is 0 Å². The predicted molar refractivity (Wildman–Crippen MR) is 59.1 cm³/mol. The van der Waals surface area contributed by atoms with Gasteiger partial charge in [0.05, 0.1) is 19.7 Å². The largest absolute Gasteiger partial charge is 0.493 e. The number of ether oxygens (including phenoxy) is 2. The molecule has 0 aliphatic heterocycles. The molecule has 1 aromatic carbocycles. The first kappa shape index (κ1) is 9.40. The topological polar surface area (TPSA) is 34.2 Å². The Morgan fingerprint density at radius 2 is 1.79 bits per heavy atom. The number of H-pyrrole nitrogens is 1. The maximum Gasteiger partial charge on any atom is 0.162 e. The molecule has 2 rings (SSSR count). The maximum atomic E-state index is 5.21. The second-order valence-electron chi connectivity index (χ2n) is 2.89. The Bertz CT molecular complexity index is 464. The summed E-state index contributed by atoms with van der Waals surface area (Å²) in [5, 5.41) is 1.09. The smallest absolute Gasteiger partial charge is 0.162 e. The minimum absolute atomic E-state index is 0.731. The number of aromatic nitrogens is 1. The molecule has 1 heterocycles. The second-order valence-corrected chi connectivity index (χ2v) is 3.74. The molecule has 74 valence electrons. The molecular formula is C10H10BrNO2. The van der Waals surface area contributed by atoms with Crippen molar-refractivity contribution in [1.82, 2.24) is 4.98 Å². The predicted octanol–water partition coefficient (Wildman–Crippen LogP) is 2.95. The number of rotatable bonds is 2. The van der Waals surface area contributed by atoms with Gasteiger partial charge in [0.15, 0.2) is 11.5 Å². The minimum Gasteiger partial charge on any atom is -0.493 e. The van der Waals surface area contributed by atoms with Gasteiger partial charge in [0.1, 0.15) is 0 Å². The van der Waals surface area contributed by atoms with E-state index < -0.39 is 0 Å². The van der Waals surface area contributed by atoms with Crippen LogP contribution >= 0.6 is 15.9 Å². The highest BCUT2D eigenvalue weighted by Gasteiger charge is 2.08. The second kappa shape index (κ2) is 3.53. The summed E-state index contributed by atoms with van der Waals surface area (Å²) in [5.41, 5.74) is 1.02. The number of hydrogen-bond donors (Lipinski definition) is 1. The highest BCUT2D eigenvalue weighted by Crippen LogP contribution is 2.34. The first-order chi connectivity index (χ1) is 6.76. The summed E-state index contributed by atoms with van der Waals surface area (Å²) in [7, 11) is 3.26. The van der Waals surface area contributed by atoms with Crippen molar-refractivity contribution in [3.05, 3.63) is 22.8 Å². The lowest BCUT2D eigenvalue weighted by Crippen LogP contribution is -1.89. The van der Waals surface area contributed by atoms with Crippen LogP contribution in [0.5, 0.6) is 11.5 Å². The van der Waals surface area contributed by atoms with Gasteiger partial charge in [-0.1, -0.05) is 0 Å². The van der Waals surface area contributed by atoms with Crippen molar-refractivity contribution in [2.75, 3.05) is 14.2 Å². The Morgan fingerprint density at radius 3 is 2.43 bits per heavy atom. The third-order valence-corrected chi connectivity index (χ3v) is 2.79. The zero-order chi connectivity index (χ0) is 10.1. The van der Waals surface area contributed by atoms with Crippen molar-refractivity contribution in [3.8, 4) is 11.5 Å². The molecule has 0 spiro atoms. The van der Waals surface area contributed by atoms with E-state index >= 15 is 0 Å². The molecule has 0 aliphatic carbocycles. The Hall–Kier alpha value is -1.16. The number of halogens is 1. The number of methoxy groups -OCH3 is 2. The van der Waals surface area contributed by atoms with E-state index in [9.17, 15) is 0 Å². The van der Waals surface area contributed by atoms with Crippen molar-refractivity contribution in [2.24, 2.45) is 0 Å². The number of hydrogen-bond acceptors (Lipinski definition) is 2. The molecule has 1 aromatic heterocycles. The van der Waals surface area contributed by atoms with E-state index in [0.717, 1.165) is 26.9 Å². The number of fused-ring (bicyclic) bond motifs is 1. The van der Waals surface area contributed by atoms with Crippen molar-refractivity contribution in [1.29, 1.82) is 0 Å². The summed E-state index contributed by atoms with van der Waals surface area (Å²) in [6, 6.07) is 3.85. The van der Waals surface area contributed by atoms with Gasteiger partial charge in [-0.05, 0) is 22.0 Å². The monoisotopic (exact) mass is 255 g/mol. The molecule has 0 fully saturated rings. The van der Waals surface area contributed by atoms with E-state index in [0.29, 0.717) is 0 Å². The lowest BCUT2D eigenvalue weighted by molar-refractivity contribution is 0.356. The van der Waals surface area contributed by atoms with Crippen LogP contribution in [0, 0.1) is 0 Å². The first-order valence-electron chi connectivity index (χ1n) is 4.15. The molecule has 2 aromatic rings. The van der Waals surface area contributed by atoms with Crippen molar-refractivity contribution in [3.63, 3.8) is 0 Å². The van der Waals surface area contributed by atoms with Crippen LogP contribution in [0.25, 0.3) is 10.9 Å². The van der Waals surface area contributed by atoms with Gasteiger partial charge >= 0.3 is 0 Å². The van der Waals surface area contributed by atoms with Crippen LogP contribution in [0.4, 0.5) is 0 Å². The van der Waals surface area contributed by atoms with E-state index in [1.165, 1.54) is 0 Å². The van der Waals surface area contributed by atoms with E-state index in [1.54, 1.807) is 14.2 Å². The molecule has 4 heteroatoms. The number of nitrogens with one attached hydrogen (secondary N) is 1. The Morgan fingerprint density at radius 1 is 1.14 bits per heavy atom. The standard InChI is InChI=1S/C10H10BrNO2/c1-13-9-3-6-7(11)5-12-8(6)4-10(9)14-2/h3-5,12H,1-2H3. The zero-order valence-corrected chi connectivity index (χ0v) is 9.51. The zero-order valence-electron chi connectivity index (χ0n) is 7.93. The van der Waals surface area contributed by atoms with E-state index in [2.05, 4.69) is 20.9 Å². The molecule has 0 radical (unpaired) electrons. The molecule has 1 N–H and O–H groups in total. The Labute approximate surface area is 90.1 Å². The fourth-order valence-corrected chi connectivity index (χ4v) is 1.86. The number of benzene rings is 1.